The zero-order valence-corrected chi connectivity index (χ0v) is 10.1. The Morgan fingerprint density at radius 2 is 2.00 bits per heavy atom. The van der Waals surface area contributed by atoms with Gasteiger partial charge in [-0.25, -0.2) is 9.37 Å². The van der Waals surface area contributed by atoms with Crippen LogP contribution in [-0.4, -0.2) is 22.5 Å². The molecule has 1 heterocycles. The van der Waals surface area contributed by atoms with Gasteiger partial charge in [-0.3, -0.25) is 4.79 Å². The molecule has 1 aromatic carbocycles. The predicted octanol–water partition coefficient (Wildman–Crippen LogP) is 1.90. The first-order valence-electron chi connectivity index (χ1n) is 5.83. The summed E-state index contributed by atoms with van der Waals surface area (Å²) >= 11 is 0. The number of aromatic hydroxyl groups is 1. The highest BCUT2D eigenvalue weighted by Crippen LogP contribution is 2.11. The fraction of sp³-hybridized carbons (Fsp3) is 0.143. The van der Waals surface area contributed by atoms with Crippen LogP contribution in [0.5, 0.6) is 5.75 Å². The fourth-order valence-corrected chi connectivity index (χ4v) is 1.63. The van der Waals surface area contributed by atoms with E-state index in [-0.39, 0.29) is 17.3 Å². The Kier molecular flexibility index (Phi) is 4.07. The summed E-state index contributed by atoms with van der Waals surface area (Å²) in [5, 5.41) is 12.1. The normalized spacial score (nSPS) is 10.2. The van der Waals surface area contributed by atoms with Crippen molar-refractivity contribution in [3.63, 3.8) is 0 Å². The van der Waals surface area contributed by atoms with Crippen LogP contribution in [0.4, 0.5) is 4.39 Å². The second-order valence-corrected chi connectivity index (χ2v) is 4.00. The molecule has 0 aliphatic rings. The van der Waals surface area contributed by atoms with E-state index in [0.29, 0.717) is 13.0 Å². The minimum Gasteiger partial charge on any atom is -0.505 e. The third-order valence-corrected chi connectivity index (χ3v) is 2.61. The van der Waals surface area contributed by atoms with Gasteiger partial charge >= 0.3 is 0 Å². The molecule has 0 aliphatic heterocycles. The van der Waals surface area contributed by atoms with Gasteiger partial charge in [-0.2, -0.15) is 0 Å². The molecule has 5 heteroatoms. The van der Waals surface area contributed by atoms with Crippen LogP contribution >= 0.6 is 0 Å². The zero-order chi connectivity index (χ0) is 13.7. The standard InChI is InChI=1S/C14H13FN2O2/c15-11-5-3-10(4-6-11)7-9-17-14(19)13-12(18)2-1-8-16-13/h1-6,8,18H,7,9H2,(H,17,19). The predicted molar refractivity (Wildman–Crippen MR) is 68.3 cm³/mol. The minimum absolute atomic E-state index is 0.00149. The van der Waals surface area contributed by atoms with Crippen LogP contribution in [0.2, 0.25) is 0 Å². The molecule has 0 bridgehead atoms. The van der Waals surface area contributed by atoms with Crippen molar-refractivity contribution in [1.29, 1.82) is 0 Å². The summed E-state index contributed by atoms with van der Waals surface area (Å²) in [7, 11) is 0. The molecule has 1 amide bonds. The summed E-state index contributed by atoms with van der Waals surface area (Å²) in [6.07, 6.45) is 2.02. The van der Waals surface area contributed by atoms with Crippen LogP contribution in [0.3, 0.4) is 0 Å². The minimum atomic E-state index is -0.430. The van der Waals surface area contributed by atoms with Gasteiger partial charge in [0.15, 0.2) is 5.69 Å². The van der Waals surface area contributed by atoms with E-state index in [0.717, 1.165) is 5.56 Å². The van der Waals surface area contributed by atoms with Crippen LogP contribution in [0.1, 0.15) is 16.1 Å². The third kappa shape index (κ3) is 3.51. The highest BCUT2D eigenvalue weighted by Gasteiger charge is 2.10. The lowest BCUT2D eigenvalue weighted by molar-refractivity contribution is 0.0946. The van der Waals surface area contributed by atoms with Gasteiger partial charge in [0.1, 0.15) is 11.6 Å². The van der Waals surface area contributed by atoms with Crippen molar-refractivity contribution in [3.05, 3.63) is 59.7 Å². The first-order valence-corrected chi connectivity index (χ1v) is 5.83. The van der Waals surface area contributed by atoms with Crippen LogP contribution in [-0.2, 0) is 6.42 Å². The molecular formula is C14H13FN2O2. The number of hydrogen-bond donors (Lipinski definition) is 2. The first-order chi connectivity index (χ1) is 9.16. The second-order valence-electron chi connectivity index (χ2n) is 4.00. The Balaban J connectivity index is 1.88. The first kappa shape index (κ1) is 13.0. The van der Waals surface area contributed by atoms with Crippen molar-refractivity contribution in [2.75, 3.05) is 6.54 Å². The molecule has 2 rings (SSSR count). The average molecular weight is 260 g/mol. The summed E-state index contributed by atoms with van der Waals surface area (Å²) in [5.74, 6) is -0.867. The number of carbonyl (C=O) groups excluding carboxylic acids is 1. The van der Waals surface area contributed by atoms with Gasteiger partial charge in [-0.1, -0.05) is 12.1 Å². The SMILES string of the molecule is O=C(NCCc1ccc(F)cc1)c1ncccc1O. The summed E-state index contributed by atoms with van der Waals surface area (Å²) in [5.41, 5.74) is 0.925. The maximum Gasteiger partial charge on any atom is 0.273 e. The summed E-state index contributed by atoms with van der Waals surface area (Å²) in [6, 6.07) is 9.04. The highest BCUT2D eigenvalue weighted by atomic mass is 19.1. The van der Waals surface area contributed by atoms with Gasteiger partial charge < -0.3 is 10.4 Å². The summed E-state index contributed by atoms with van der Waals surface area (Å²) in [6.45, 7) is 0.389. The molecule has 0 radical (unpaired) electrons. The molecule has 0 spiro atoms. The number of halogens is 1. The fourth-order valence-electron chi connectivity index (χ4n) is 1.63. The number of hydrogen-bond acceptors (Lipinski definition) is 3. The molecule has 2 aromatic rings. The van der Waals surface area contributed by atoms with Crippen molar-refractivity contribution < 1.29 is 14.3 Å². The lowest BCUT2D eigenvalue weighted by atomic mass is 10.1. The zero-order valence-electron chi connectivity index (χ0n) is 10.1. The molecule has 0 fully saturated rings. The second kappa shape index (κ2) is 5.95. The van der Waals surface area contributed by atoms with Crippen LogP contribution in [0.25, 0.3) is 0 Å². The maximum absolute atomic E-state index is 12.7. The maximum atomic E-state index is 12.7. The van der Waals surface area contributed by atoms with Crippen molar-refractivity contribution in [2.24, 2.45) is 0 Å². The van der Waals surface area contributed by atoms with E-state index in [2.05, 4.69) is 10.3 Å². The Hall–Kier alpha value is -2.43. The van der Waals surface area contributed by atoms with E-state index >= 15 is 0 Å². The topological polar surface area (TPSA) is 62.2 Å². The molecule has 0 saturated heterocycles. The summed E-state index contributed by atoms with van der Waals surface area (Å²) in [4.78, 5) is 15.5. The Labute approximate surface area is 109 Å². The number of benzene rings is 1. The Morgan fingerprint density at radius 1 is 1.26 bits per heavy atom. The average Bonchev–Trinajstić information content (AvgIpc) is 2.41. The van der Waals surface area contributed by atoms with Crippen molar-refractivity contribution in [3.8, 4) is 5.75 Å². The Morgan fingerprint density at radius 3 is 2.68 bits per heavy atom. The molecule has 0 saturated carbocycles. The molecule has 4 nitrogen and oxygen atoms in total. The molecule has 0 aliphatic carbocycles. The molecule has 1 aromatic heterocycles. The van der Waals surface area contributed by atoms with Crippen molar-refractivity contribution >= 4 is 5.91 Å². The van der Waals surface area contributed by atoms with E-state index in [9.17, 15) is 14.3 Å². The van der Waals surface area contributed by atoms with E-state index in [4.69, 9.17) is 0 Å². The third-order valence-electron chi connectivity index (χ3n) is 2.61. The van der Waals surface area contributed by atoms with Gasteiger partial charge in [0, 0.05) is 12.7 Å². The van der Waals surface area contributed by atoms with Crippen LogP contribution < -0.4 is 5.32 Å². The number of pyridine rings is 1. The number of nitrogens with one attached hydrogen (secondary N) is 1. The van der Waals surface area contributed by atoms with Gasteiger partial charge in [0.05, 0.1) is 0 Å². The highest BCUT2D eigenvalue weighted by molar-refractivity contribution is 5.94. The molecule has 2 N–H and O–H groups in total. The number of amides is 1. The molecule has 0 atom stereocenters. The van der Waals surface area contributed by atoms with E-state index < -0.39 is 5.91 Å². The van der Waals surface area contributed by atoms with E-state index in [1.54, 1.807) is 18.2 Å². The van der Waals surface area contributed by atoms with Crippen molar-refractivity contribution in [1.82, 2.24) is 10.3 Å². The largest absolute Gasteiger partial charge is 0.505 e. The monoisotopic (exact) mass is 260 g/mol. The molecular weight excluding hydrogens is 247 g/mol. The lowest BCUT2D eigenvalue weighted by Crippen LogP contribution is -2.26. The molecule has 0 unspecified atom stereocenters. The van der Waals surface area contributed by atoms with Crippen LogP contribution in [0.15, 0.2) is 42.6 Å². The smallest absolute Gasteiger partial charge is 0.273 e. The number of nitrogens with zero attached hydrogens (tertiary/aromatic N) is 1. The quantitative estimate of drug-likeness (QED) is 0.882. The van der Waals surface area contributed by atoms with Gasteiger partial charge in [-0.05, 0) is 36.2 Å². The van der Waals surface area contributed by atoms with Gasteiger partial charge in [-0.15, -0.1) is 0 Å². The van der Waals surface area contributed by atoms with Gasteiger partial charge in [0.2, 0.25) is 0 Å². The van der Waals surface area contributed by atoms with E-state index in [1.807, 2.05) is 0 Å². The number of aromatic nitrogens is 1. The lowest BCUT2D eigenvalue weighted by Gasteiger charge is -2.06. The van der Waals surface area contributed by atoms with Crippen LogP contribution in [0, 0.1) is 5.82 Å². The Bertz CT molecular complexity index is 570. The number of carbonyl (C=O) groups is 1. The van der Waals surface area contributed by atoms with E-state index in [1.165, 1.54) is 24.4 Å². The van der Waals surface area contributed by atoms with Crippen molar-refractivity contribution in [2.45, 2.75) is 6.42 Å². The molecule has 19 heavy (non-hydrogen) atoms. The van der Waals surface area contributed by atoms with Gasteiger partial charge in [0.25, 0.3) is 5.91 Å². The number of rotatable bonds is 4. The summed E-state index contributed by atoms with van der Waals surface area (Å²) < 4.78 is 12.7. The molecule has 98 valence electrons.